The van der Waals surface area contributed by atoms with Crippen LogP contribution in [-0.4, -0.2) is 25.2 Å². The predicted molar refractivity (Wildman–Crippen MR) is 78.2 cm³/mol. The van der Waals surface area contributed by atoms with E-state index in [1.54, 1.807) is 0 Å². The quantitative estimate of drug-likeness (QED) is 0.756. The molecule has 6 nitrogen and oxygen atoms in total. The average Bonchev–Trinajstić information content (AvgIpc) is 2.89. The SMILES string of the molecule is CCNCc1cn[nH]c1S(=O)(=O)Nc1ccc(Cl)c(F)c1. The second kappa shape index (κ2) is 6.42. The number of H-pyrrole nitrogens is 1. The Morgan fingerprint density at radius 1 is 1.43 bits per heavy atom. The second-order valence-electron chi connectivity index (χ2n) is 4.24. The summed E-state index contributed by atoms with van der Waals surface area (Å²) in [6.07, 6.45) is 1.43. The number of halogens is 2. The van der Waals surface area contributed by atoms with E-state index in [0.717, 1.165) is 6.07 Å². The summed E-state index contributed by atoms with van der Waals surface area (Å²) < 4.78 is 40.2. The Labute approximate surface area is 126 Å². The summed E-state index contributed by atoms with van der Waals surface area (Å²) in [7, 11) is -3.88. The number of anilines is 1. The summed E-state index contributed by atoms with van der Waals surface area (Å²) in [6.45, 7) is 2.96. The third-order valence-electron chi connectivity index (χ3n) is 2.68. The number of sulfonamides is 1. The lowest BCUT2D eigenvalue weighted by Crippen LogP contribution is -2.18. The van der Waals surface area contributed by atoms with Crippen molar-refractivity contribution in [3.63, 3.8) is 0 Å². The highest BCUT2D eigenvalue weighted by atomic mass is 35.5. The van der Waals surface area contributed by atoms with Crippen LogP contribution in [-0.2, 0) is 16.6 Å². The van der Waals surface area contributed by atoms with E-state index < -0.39 is 15.8 Å². The summed E-state index contributed by atoms with van der Waals surface area (Å²) in [5.41, 5.74) is 0.583. The van der Waals surface area contributed by atoms with Crippen LogP contribution >= 0.6 is 11.6 Å². The van der Waals surface area contributed by atoms with Crippen LogP contribution in [0, 0.1) is 5.82 Å². The first kappa shape index (κ1) is 15.7. The molecule has 0 aliphatic rings. The molecule has 0 amide bonds. The molecule has 2 rings (SSSR count). The van der Waals surface area contributed by atoms with Crippen molar-refractivity contribution in [3.8, 4) is 0 Å². The van der Waals surface area contributed by atoms with Gasteiger partial charge in [0.1, 0.15) is 5.82 Å². The van der Waals surface area contributed by atoms with Crippen LogP contribution in [0.3, 0.4) is 0 Å². The summed E-state index contributed by atoms with van der Waals surface area (Å²) in [5.74, 6) is -0.700. The molecule has 0 saturated heterocycles. The minimum absolute atomic E-state index is 0.0567. The topological polar surface area (TPSA) is 86.9 Å². The van der Waals surface area contributed by atoms with Crippen LogP contribution in [0.5, 0.6) is 0 Å². The normalized spacial score (nSPS) is 11.6. The van der Waals surface area contributed by atoms with E-state index in [4.69, 9.17) is 11.6 Å². The molecule has 0 saturated carbocycles. The highest BCUT2D eigenvalue weighted by Crippen LogP contribution is 2.22. The van der Waals surface area contributed by atoms with Gasteiger partial charge in [-0.3, -0.25) is 9.82 Å². The van der Waals surface area contributed by atoms with Crippen molar-refractivity contribution in [2.24, 2.45) is 0 Å². The highest BCUT2D eigenvalue weighted by molar-refractivity contribution is 7.92. The summed E-state index contributed by atoms with van der Waals surface area (Å²) in [4.78, 5) is 0. The minimum atomic E-state index is -3.88. The lowest BCUT2D eigenvalue weighted by Gasteiger charge is -2.09. The fraction of sp³-hybridized carbons (Fsp3) is 0.250. The molecular weight excluding hydrogens is 319 g/mol. The fourth-order valence-corrected chi connectivity index (χ4v) is 2.98. The zero-order valence-corrected chi connectivity index (χ0v) is 12.7. The van der Waals surface area contributed by atoms with Gasteiger partial charge in [0.15, 0.2) is 5.03 Å². The van der Waals surface area contributed by atoms with Gasteiger partial charge in [-0.2, -0.15) is 13.5 Å². The number of nitrogens with zero attached hydrogens (tertiary/aromatic N) is 1. The number of hydrogen-bond acceptors (Lipinski definition) is 4. The van der Waals surface area contributed by atoms with E-state index in [1.807, 2.05) is 6.92 Å². The number of benzene rings is 1. The molecule has 0 aliphatic heterocycles. The van der Waals surface area contributed by atoms with Crippen molar-refractivity contribution in [2.75, 3.05) is 11.3 Å². The molecule has 21 heavy (non-hydrogen) atoms. The molecule has 0 atom stereocenters. The number of aromatic amines is 1. The van der Waals surface area contributed by atoms with Gasteiger partial charge in [-0.05, 0) is 24.7 Å². The number of nitrogens with one attached hydrogen (secondary N) is 3. The molecule has 1 aromatic carbocycles. The second-order valence-corrected chi connectivity index (χ2v) is 6.27. The third-order valence-corrected chi connectivity index (χ3v) is 4.39. The maximum atomic E-state index is 13.3. The first-order valence-corrected chi connectivity index (χ1v) is 8.01. The molecule has 1 aromatic heterocycles. The van der Waals surface area contributed by atoms with E-state index in [0.29, 0.717) is 18.7 Å². The Morgan fingerprint density at radius 3 is 2.86 bits per heavy atom. The molecule has 0 bridgehead atoms. The van der Waals surface area contributed by atoms with Gasteiger partial charge in [0.2, 0.25) is 0 Å². The van der Waals surface area contributed by atoms with Crippen LogP contribution < -0.4 is 10.0 Å². The van der Waals surface area contributed by atoms with Gasteiger partial charge < -0.3 is 5.32 Å². The van der Waals surface area contributed by atoms with Gasteiger partial charge in [-0.15, -0.1) is 0 Å². The molecular formula is C12H14ClFN4O2S. The van der Waals surface area contributed by atoms with Crippen LogP contribution in [0.4, 0.5) is 10.1 Å². The van der Waals surface area contributed by atoms with Gasteiger partial charge in [-0.1, -0.05) is 18.5 Å². The van der Waals surface area contributed by atoms with Gasteiger partial charge in [0.05, 0.1) is 16.9 Å². The first-order chi connectivity index (χ1) is 9.94. The Morgan fingerprint density at radius 2 is 2.19 bits per heavy atom. The fourth-order valence-electron chi connectivity index (χ4n) is 1.68. The molecule has 114 valence electrons. The molecule has 2 aromatic rings. The Balaban J connectivity index is 2.26. The number of hydrogen-bond donors (Lipinski definition) is 3. The monoisotopic (exact) mass is 332 g/mol. The van der Waals surface area contributed by atoms with Crippen molar-refractivity contribution in [1.29, 1.82) is 0 Å². The smallest absolute Gasteiger partial charge is 0.279 e. The van der Waals surface area contributed by atoms with Crippen molar-refractivity contribution < 1.29 is 12.8 Å². The van der Waals surface area contributed by atoms with E-state index in [2.05, 4.69) is 20.2 Å². The zero-order chi connectivity index (χ0) is 15.5. The van der Waals surface area contributed by atoms with E-state index in [1.165, 1.54) is 18.3 Å². The molecule has 3 N–H and O–H groups in total. The number of aromatic nitrogens is 2. The maximum absolute atomic E-state index is 13.3. The van der Waals surface area contributed by atoms with Gasteiger partial charge in [-0.25, -0.2) is 4.39 Å². The highest BCUT2D eigenvalue weighted by Gasteiger charge is 2.21. The Kier molecular flexibility index (Phi) is 4.81. The lowest BCUT2D eigenvalue weighted by molar-refractivity contribution is 0.594. The summed E-state index contributed by atoms with van der Waals surface area (Å²) >= 11 is 5.56. The first-order valence-electron chi connectivity index (χ1n) is 6.15. The lowest BCUT2D eigenvalue weighted by atomic mass is 10.3. The summed E-state index contributed by atoms with van der Waals surface area (Å²) in [6, 6.07) is 3.67. The molecule has 0 unspecified atom stereocenters. The molecule has 9 heteroatoms. The van der Waals surface area contributed by atoms with E-state index in [-0.39, 0.29) is 15.7 Å². The van der Waals surface area contributed by atoms with Gasteiger partial charge in [0, 0.05) is 12.1 Å². The average molecular weight is 333 g/mol. The predicted octanol–water partition coefficient (Wildman–Crippen LogP) is 2.11. The van der Waals surface area contributed by atoms with Crippen LogP contribution in [0.25, 0.3) is 0 Å². The largest absolute Gasteiger partial charge is 0.313 e. The maximum Gasteiger partial charge on any atom is 0.279 e. The molecule has 0 spiro atoms. The van der Waals surface area contributed by atoms with E-state index >= 15 is 0 Å². The van der Waals surface area contributed by atoms with Crippen LogP contribution in [0.1, 0.15) is 12.5 Å². The van der Waals surface area contributed by atoms with Crippen molar-refractivity contribution >= 4 is 27.3 Å². The molecule has 0 radical (unpaired) electrons. The Bertz CT molecular complexity index is 733. The van der Waals surface area contributed by atoms with Gasteiger partial charge >= 0.3 is 0 Å². The Hall–Kier alpha value is -1.64. The van der Waals surface area contributed by atoms with Gasteiger partial charge in [0.25, 0.3) is 10.0 Å². The van der Waals surface area contributed by atoms with E-state index in [9.17, 15) is 12.8 Å². The molecule has 0 aliphatic carbocycles. The van der Waals surface area contributed by atoms with Crippen molar-refractivity contribution in [2.45, 2.75) is 18.5 Å². The molecule has 1 heterocycles. The zero-order valence-electron chi connectivity index (χ0n) is 11.2. The third kappa shape index (κ3) is 3.72. The van der Waals surface area contributed by atoms with Crippen molar-refractivity contribution in [3.05, 3.63) is 40.8 Å². The molecule has 0 fully saturated rings. The number of rotatable bonds is 6. The minimum Gasteiger partial charge on any atom is -0.313 e. The van der Waals surface area contributed by atoms with Crippen LogP contribution in [0.2, 0.25) is 5.02 Å². The van der Waals surface area contributed by atoms with Crippen LogP contribution in [0.15, 0.2) is 29.4 Å². The summed E-state index contributed by atoms with van der Waals surface area (Å²) in [5, 5.41) is 9.06. The van der Waals surface area contributed by atoms with Crippen molar-refractivity contribution in [1.82, 2.24) is 15.5 Å². The standard InChI is InChI=1S/C12H14ClFN4O2S/c1-2-15-6-8-7-16-17-12(8)21(19,20)18-9-3-4-10(13)11(14)5-9/h3-5,7,15,18H,2,6H2,1H3,(H,16,17).